The van der Waals surface area contributed by atoms with Crippen molar-refractivity contribution in [2.75, 3.05) is 26.3 Å². The van der Waals surface area contributed by atoms with E-state index in [1.807, 2.05) is 0 Å². The molecule has 2 N–H and O–H groups in total. The van der Waals surface area contributed by atoms with Crippen LogP contribution in [-0.2, 0) is 9.53 Å². The third-order valence-corrected chi connectivity index (χ3v) is 1.48. The van der Waals surface area contributed by atoms with Crippen LogP contribution in [0.15, 0.2) is 0 Å². The van der Waals surface area contributed by atoms with Crippen LogP contribution in [0.1, 0.15) is 0 Å². The second-order valence-electron chi connectivity index (χ2n) is 2.31. The van der Waals surface area contributed by atoms with Gasteiger partial charge in [-0.3, -0.25) is 4.79 Å². The van der Waals surface area contributed by atoms with Gasteiger partial charge in [-0.05, 0) is 0 Å². The number of ether oxygens (including phenoxy) is 1. The topological polar surface area (TPSA) is 58.6 Å². The average Bonchev–Trinajstić information content (AvgIpc) is 2.12. The molecule has 66 valence electrons. The van der Waals surface area contributed by atoms with Crippen molar-refractivity contribution >= 4 is 18.4 Å². The first-order valence-corrected chi connectivity index (χ1v) is 3.32. The molecule has 11 heavy (non-hydrogen) atoms. The number of hydrogen-bond donors (Lipinski definition) is 2. The van der Waals surface area contributed by atoms with Gasteiger partial charge in [0.25, 0.3) is 0 Å². The van der Waals surface area contributed by atoms with E-state index in [-0.39, 0.29) is 18.3 Å². The quantitative estimate of drug-likeness (QED) is 0.585. The van der Waals surface area contributed by atoms with E-state index in [1.165, 1.54) is 0 Å². The van der Waals surface area contributed by atoms with Gasteiger partial charge in [0.2, 0.25) is 0 Å². The smallest absolute Gasteiger partial charge is 0.310 e. The summed E-state index contributed by atoms with van der Waals surface area (Å²) in [5.74, 6) is -1.16. The summed E-state index contributed by atoms with van der Waals surface area (Å²) in [7, 11) is 0. The van der Waals surface area contributed by atoms with Crippen LogP contribution in [0.2, 0.25) is 0 Å². The summed E-state index contributed by atoms with van der Waals surface area (Å²) >= 11 is 0. The Kier molecular flexibility index (Phi) is 5.19. The molecular formula is C6H12ClNO3. The maximum atomic E-state index is 10.4. The van der Waals surface area contributed by atoms with E-state index >= 15 is 0 Å². The van der Waals surface area contributed by atoms with Crippen LogP contribution in [0.5, 0.6) is 0 Å². The van der Waals surface area contributed by atoms with E-state index in [4.69, 9.17) is 9.84 Å². The second kappa shape index (κ2) is 5.35. The van der Waals surface area contributed by atoms with Crippen molar-refractivity contribution < 1.29 is 14.6 Å². The van der Waals surface area contributed by atoms with Crippen LogP contribution in [0, 0.1) is 5.92 Å². The summed E-state index contributed by atoms with van der Waals surface area (Å²) in [5.41, 5.74) is 0. The lowest BCUT2D eigenvalue weighted by molar-refractivity contribution is -0.143. The molecule has 1 fully saturated rings. The first-order chi connectivity index (χ1) is 4.80. The highest BCUT2D eigenvalue weighted by Crippen LogP contribution is 1.98. The standard InChI is InChI=1S/C6H11NO3.ClH/c8-6(9)5-3-7-1-2-10-4-5;/h5,7H,1-4H2,(H,8,9);1H/t5-;/m0./s1. The Morgan fingerprint density at radius 1 is 1.64 bits per heavy atom. The summed E-state index contributed by atoms with van der Waals surface area (Å²) < 4.78 is 5.03. The molecule has 1 aliphatic rings. The lowest BCUT2D eigenvalue weighted by Gasteiger charge is -2.05. The van der Waals surface area contributed by atoms with E-state index < -0.39 is 5.97 Å². The summed E-state index contributed by atoms with van der Waals surface area (Å²) in [6.45, 7) is 2.23. The summed E-state index contributed by atoms with van der Waals surface area (Å²) in [5, 5.41) is 11.5. The number of carbonyl (C=O) groups is 1. The van der Waals surface area contributed by atoms with Gasteiger partial charge in [-0.25, -0.2) is 0 Å². The Morgan fingerprint density at radius 2 is 2.36 bits per heavy atom. The summed E-state index contributed by atoms with van der Waals surface area (Å²) in [6, 6.07) is 0. The van der Waals surface area contributed by atoms with Crippen molar-refractivity contribution in [3.05, 3.63) is 0 Å². The number of halogens is 1. The molecule has 0 aromatic carbocycles. The highest BCUT2D eigenvalue weighted by Gasteiger charge is 2.18. The molecule has 4 nitrogen and oxygen atoms in total. The number of carboxylic acid groups (broad SMARTS) is 1. The van der Waals surface area contributed by atoms with Gasteiger partial charge in [-0.1, -0.05) is 0 Å². The van der Waals surface area contributed by atoms with Gasteiger partial charge in [-0.15, -0.1) is 12.4 Å². The van der Waals surface area contributed by atoms with Gasteiger partial charge >= 0.3 is 5.97 Å². The Morgan fingerprint density at radius 3 is 3.00 bits per heavy atom. The van der Waals surface area contributed by atoms with Crippen molar-refractivity contribution in [3.63, 3.8) is 0 Å². The molecule has 0 bridgehead atoms. The fourth-order valence-electron chi connectivity index (χ4n) is 0.864. The zero-order chi connectivity index (χ0) is 7.40. The molecule has 0 radical (unpaired) electrons. The molecule has 1 rings (SSSR count). The van der Waals surface area contributed by atoms with Gasteiger partial charge < -0.3 is 15.2 Å². The Labute approximate surface area is 71.3 Å². The predicted molar refractivity (Wildman–Crippen MR) is 42.1 cm³/mol. The average molecular weight is 182 g/mol. The number of nitrogens with one attached hydrogen (secondary N) is 1. The zero-order valence-electron chi connectivity index (χ0n) is 6.08. The third kappa shape index (κ3) is 3.55. The first kappa shape index (κ1) is 10.7. The van der Waals surface area contributed by atoms with E-state index in [0.29, 0.717) is 19.8 Å². The molecule has 1 atom stereocenters. The number of aliphatic carboxylic acids is 1. The second-order valence-corrected chi connectivity index (χ2v) is 2.31. The first-order valence-electron chi connectivity index (χ1n) is 3.32. The van der Waals surface area contributed by atoms with Crippen LogP contribution in [-0.4, -0.2) is 37.4 Å². The van der Waals surface area contributed by atoms with Crippen molar-refractivity contribution in [2.45, 2.75) is 0 Å². The molecule has 0 aromatic rings. The van der Waals surface area contributed by atoms with E-state index in [1.54, 1.807) is 0 Å². The summed E-state index contributed by atoms with van der Waals surface area (Å²) in [6.07, 6.45) is 0. The molecule has 1 heterocycles. The molecule has 0 spiro atoms. The van der Waals surface area contributed by atoms with Crippen LogP contribution >= 0.6 is 12.4 Å². The molecule has 1 saturated heterocycles. The van der Waals surface area contributed by atoms with E-state index in [2.05, 4.69) is 5.32 Å². The minimum Gasteiger partial charge on any atom is -0.481 e. The van der Waals surface area contributed by atoms with Gasteiger partial charge in [-0.2, -0.15) is 0 Å². The molecule has 1 aliphatic heterocycles. The molecular weight excluding hydrogens is 170 g/mol. The van der Waals surface area contributed by atoms with Crippen molar-refractivity contribution in [2.24, 2.45) is 5.92 Å². The van der Waals surface area contributed by atoms with Gasteiger partial charge in [0, 0.05) is 13.1 Å². The molecule has 0 aromatic heterocycles. The van der Waals surface area contributed by atoms with Crippen molar-refractivity contribution in [3.8, 4) is 0 Å². The van der Waals surface area contributed by atoms with Crippen LogP contribution < -0.4 is 5.32 Å². The minimum absolute atomic E-state index is 0. The fraction of sp³-hybridized carbons (Fsp3) is 0.833. The number of hydrogen-bond acceptors (Lipinski definition) is 3. The van der Waals surface area contributed by atoms with Gasteiger partial charge in [0.1, 0.15) is 0 Å². The van der Waals surface area contributed by atoms with Crippen LogP contribution in [0.3, 0.4) is 0 Å². The zero-order valence-corrected chi connectivity index (χ0v) is 6.89. The highest BCUT2D eigenvalue weighted by atomic mass is 35.5. The molecule has 0 aliphatic carbocycles. The molecule has 0 unspecified atom stereocenters. The lowest BCUT2D eigenvalue weighted by atomic mass is 10.2. The Hall–Kier alpha value is -0.320. The third-order valence-electron chi connectivity index (χ3n) is 1.48. The van der Waals surface area contributed by atoms with Crippen LogP contribution in [0.25, 0.3) is 0 Å². The number of carboxylic acids is 1. The van der Waals surface area contributed by atoms with Gasteiger partial charge in [0.05, 0.1) is 19.1 Å². The monoisotopic (exact) mass is 181 g/mol. The minimum atomic E-state index is -0.783. The Bertz CT molecular complexity index is 123. The molecule has 5 heteroatoms. The maximum Gasteiger partial charge on any atom is 0.310 e. The van der Waals surface area contributed by atoms with Crippen molar-refractivity contribution in [1.29, 1.82) is 0 Å². The van der Waals surface area contributed by atoms with E-state index in [9.17, 15) is 4.79 Å². The highest BCUT2D eigenvalue weighted by molar-refractivity contribution is 5.85. The Balaban J connectivity index is 0.000001000. The SMILES string of the molecule is Cl.O=C(O)[C@H]1CNCCOC1. The fourth-order valence-corrected chi connectivity index (χ4v) is 0.864. The van der Waals surface area contributed by atoms with E-state index in [0.717, 1.165) is 6.54 Å². The summed E-state index contributed by atoms with van der Waals surface area (Å²) in [4.78, 5) is 10.4. The van der Waals surface area contributed by atoms with Gasteiger partial charge in [0.15, 0.2) is 0 Å². The number of rotatable bonds is 1. The van der Waals surface area contributed by atoms with Crippen LogP contribution in [0.4, 0.5) is 0 Å². The predicted octanol–water partition coefficient (Wildman–Crippen LogP) is -0.271. The normalized spacial score (nSPS) is 24.9. The lowest BCUT2D eigenvalue weighted by Crippen LogP contribution is -2.28. The molecule has 0 amide bonds. The molecule has 0 saturated carbocycles. The van der Waals surface area contributed by atoms with Crippen molar-refractivity contribution in [1.82, 2.24) is 5.32 Å². The maximum absolute atomic E-state index is 10.4. The largest absolute Gasteiger partial charge is 0.481 e.